The first-order valence-electron chi connectivity index (χ1n) is 6.08. The molecule has 0 aliphatic carbocycles. The zero-order chi connectivity index (χ0) is 14.8. The van der Waals surface area contributed by atoms with Gasteiger partial charge in [0.2, 0.25) is 0 Å². The fourth-order valence-corrected chi connectivity index (χ4v) is 1.99. The minimum Gasteiger partial charge on any atom is -0.380 e. The number of nitrogen functional groups attached to an aromatic ring is 1. The second kappa shape index (κ2) is 5.04. The molecule has 0 fully saturated rings. The van der Waals surface area contributed by atoms with E-state index in [9.17, 15) is 10.1 Å². The Labute approximate surface area is 119 Å². The van der Waals surface area contributed by atoms with Crippen LogP contribution in [0.1, 0.15) is 0 Å². The number of non-ortho nitro benzene ring substituents is 1. The summed E-state index contributed by atoms with van der Waals surface area (Å²) >= 11 is 0. The molecule has 1 aromatic carbocycles. The van der Waals surface area contributed by atoms with Crippen LogP contribution in [-0.2, 0) is 0 Å². The molecule has 0 aliphatic heterocycles. The molecule has 0 saturated carbocycles. The molecule has 21 heavy (non-hydrogen) atoms. The van der Waals surface area contributed by atoms with E-state index in [1.165, 1.54) is 12.1 Å². The second-order valence-corrected chi connectivity index (χ2v) is 4.29. The molecule has 7 heteroatoms. The summed E-state index contributed by atoms with van der Waals surface area (Å²) < 4.78 is 5.25. The zero-order valence-corrected chi connectivity index (χ0v) is 10.8. The summed E-state index contributed by atoms with van der Waals surface area (Å²) in [6.45, 7) is 0. The smallest absolute Gasteiger partial charge is 0.269 e. The predicted octanol–water partition coefficient (Wildman–Crippen LogP) is 2.89. The topological polar surface area (TPSA) is 108 Å². The highest BCUT2D eigenvalue weighted by Crippen LogP contribution is 2.35. The van der Waals surface area contributed by atoms with Crippen molar-refractivity contribution in [3.63, 3.8) is 0 Å². The maximum atomic E-state index is 10.7. The van der Waals surface area contributed by atoms with Gasteiger partial charge in [-0.05, 0) is 24.3 Å². The van der Waals surface area contributed by atoms with Gasteiger partial charge in [0, 0.05) is 23.9 Å². The highest BCUT2D eigenvalue weighted by Gasteiger charge is 2.19. The molecule has 0 aliphatic rings. The fraction of sp³-hybridized carbons (Fsp3) is 0. The SMILES string of the molecule is Nc1noc(-c2ccc([N+](=O)[O-])cc2)c1-c1ccccn1. The van der Waals surface area contributed by atoms with Gasteiger partial charge in [0.05, 0.1) is 16.2 Å². The molecule has 0 spiro atoms. The van der Waals surface area contributed by atoms with Crippen molar-refractivity contribution in [2.75, 3.05) is 5.73 Å². The fourth-order valence-electron chi connectivity index (χ4n) is 1.99. The van der Waals surface area contributed by atoms with Crippen LogP contribution in [0.3, 0.4) is 0 Å². The highest BCUT2D eigenvalue weighted by atomic mass is 16.6. The Bertz CT molecular complexity index is 782. The van der Waals surface area contributed by atoms with Crippen LogP contribution >= 0.6 is 0 Å². The van der Waals surface area contributed by atoms with Crippen molar-refractivity contribution in [1.29, 1.82) is 0 Å². The molecule has 3 rings (SSSR count). The lowest BCUT2D eigenvalue weighted by molar-refractivity contribution is -0.384. The van der Waals surface area contributed by atoms with Crippen molar-refractivity contribution in [3.8, 4) is 22.6 Å². The number of nitro groups is 1. The maximum Gasteiger partial charge on any atom is 0.269 e. The molecular weight excluding hydrogens is 272 g/mol. The quantitative estimate of drug-likeness (QED) is 0.584. The largest absolute Gasteiger partial charge is 0.380 e. The van der Waals surface area contributed by atoms with Gasteiger partial charge in [-0.1, -0.05) is 11.2 Å². The van der Waals surface area contributed by atoms with E-state index < -0.39 is 4.92 Å². The number of pyridine rings is 1. The first-order valence-corrected chi connectivity index (χ1v) is 6.08. The Balaban J connectivity index is 2.10. The Morgan fingerprint density at radius 2 is 1.90 bits per heavy atom. The van der Waals surface area contributed by atoms with Crippen LogP contribution in [0.5, 0.6) is 0 Å². The molecule has 7 nitrogen and oxygen atoms in total. The third kappa shape index (κ3) is 2.32. The Hall–Kier alpha value is -3.22. The summed E-state index contributed by atoms with van der Waals surface area (Å²) in [6, 6.07) is 11.4. The first kappa shape index (κ1) is 12.8. The van der Waals surface area contributed by atoms with Gasteiger partial charge in [0.25, 0.3) is 5.69 Å². The molecule has 0 radical (unpaired) electrons. The maximum absolute atomic E-state index is 10.7. The lowest BCUT2D eigenvalue weighted by Gasteiger charge is -2.01. The molecule has 104 valence electrons. The number of aromatic nitrogens is 2. The molecule has 0 atom stereocenters. The van der Waals surface area contributed by atoms with Gasteiger partial charge < -0.3 is 10.3 Å². The van der Waals surface area contributed by atoms with Crippen LogP contribution in [0.4, 0.5) is 11.5 Å². The summed E-state index contributed by atoms with van der Waals surface area (Å²) in [5.74, 6) is 0.656. The molecule has 2 heterocycles. The van der Waals surface area contributed by atoms with E-state index in [1.54, 1.807) is 30.5 Å². The molecule has 0 unspecified atom stereocenters. The average molecular weight is 282 g/mol. The van der Waals surface area contributed by atoms with Gasteiger partial charge in [0.15, 0.2) is 11.6 Å². The number of rotatable bonds is 3. The number of nitrogens with two attached hydrogens (primary N) is 1. The minimum absolute atomic E-state index is 0.00521. The lowest BCUT2D eigenvalue weighted by Crippen LogP contribution is -1.91. The number of hydrogen-bond acceptors (Lipinski definition) is 6. The van der Waals surface area contributed by atoms with Crippen molar-refractivity contribution < 1.29 is 9.45 Å². The summed E-state index contributed by atoms with van der Waals surface area (Å²) in [5.41, 5.74) is 7.69. The highest BCUT2D eigenvalue weighted by molar-refractivity contribution is 5.84. The molecule has 0 amide bonds. The summed E-state index contributed by atoms with van der Waals surface area (Å²) in [4.78, 5) is 14.4. The summed E-state index contributed by atoms with van der Waals surface area (Å²) in [6.07, 6.45) is 1.64. The first-order chi connectivity index (χ1) is 10.2. The number of nitrogens with zero attached hydrogens (tertiary/aromatic N) is 3. The van der Waals surface area contributed by atoms with Gasteiger partial charge in [0.1, 0.15) is 0 Å². The minimum atomic E-state index is -0.460. The molecular formula is C14H10N4O3. The number of anilines is 1. The van der Waals surface area contributed by atoms with E-state index in [4.69, 9.17) is 10.3 Å². The Morgan fingerprint density at radius 1 is 1.14 bits per heavy atom. The number of nitro benzene ring substituents is 1. The number of benzene rings is 1. The van der Waals surface area contributed by atoms with Crippen LogP contribution in [0.15, 0.2) is 53.2 Å². The monoisotopic (exact) mass is 282 g/mol. The van der Waals surface area contributed by atoms with Crippen molar-refractivity contribution >= 4 is 11.5 Å². The van der Waals surface area contributed by atoms with Crippen molar-refractivity contribution in [1.82, 2.24) is 10.1 Å². The number of hydrogen-bond donors (Lipinski definition) is 1. The molecule has 3 aromatic rings. The van der Waals surface area contributed by atoms with Gasteiger partial charge >= 0.3 is 0 Å². The van der Waals surface area contributed by atoms with Crippen molar-refractivity contribution in [2.45, 2.75) is 0 Å². The van der Waals surface area contributed by atoms with Crippen molar-refractivity contribution in [2.24, 2.45) is 0 Å². The molecule has 2 N–H and O–H groups in total. The van der Waals surface area contributed by atoms with Crippen LogP contribution in [-0.4, -0.2) is 15.1 Å². The van der Waals surface area contributed by atoms with Crippen LogP contribution in [0.2, 0.25) is 0 Å². The van der Waals surface area contributed by atoms with Gasteiger partial charge in [-0.3, -0.25) is 15.1 Å². The third-order valence-electron chi connectivity index (χ3n) is 2.98. The molecule has 0 saturated heterocycles. The van der Waals surface area contributed by atoms with Gasteiger partial charge in [-0.15, -0.1) is 0 Å². The van der Waals surface area contributed by atoms with E-state index in [0.29, 0.717) is 22.6 Å². The van der Waals surface area contributed by atoms with Crippen LogP contribution < -0.4 is 5.73 Å². The standard InChI is InChI=1S/C14H10N4O3/c15-14-12(11-3-1-2-8-16-11)13(21-17-14)9-4-6-10(7-5-9)18(19)20/h1-8H,(H2,15,17). The third-order valence-corrected chi connectivity index (χ3v) is 2.98. The van der Waals surface area contributed by atoms with E-state index in [2.05, 4.69) is 10.1 Å². The van der Waals surface area contributed by atoms with E-state index in [0.717, 1.165) is 0 Å². The van der Waals surface area contributed by atoms with Crippen LogP contribution in [0.25, 0.3) is 22.6 Å². The second-order valence-electron chi connectivity index (χ2n) is 4.29. The van der Waals surface area contributed by atoms with Gasteiger partial charge in [-0.25, -0.2) is 0 Å². The summed E-state index contributed by atoms with van der Waals surface area (Å²) in [7, 11) is 0. The zero-order valence-electron chi connectivity index (χ0n) is 10.8. The summed E-state index contributed by atoms with van der Waals surface area (Å²) in [5, 5.41) is 14.4. The van der Waals surface area contributed by atoms with E-state index in [-0.39, 0.29) is 11.5 Å². The molecule has 0 bridgehead atoms. The lowest BCUT2D eigenvalue weighted by atomic mass is 10.1. The normalized spacial score (nSPS) is 10.5. The van der Waals surface area contributed by atoms with E-state index >= 15 is 0 Å². The molecule has 2 aromatic heterocycles. The van der Waals surface area contributed by atoms with Crippen LogP contribution in [0, 0.1) is 10.1 Å². The Kier molecular flexibility index (Phi) is 3.07. The van der Waals surface area contributed by atoms with Gasteiger partial charge in [-0.2, -0.15) is 0 Å². The Morgan fingerprint density at radius 3 is 2.52 bits per heavy atom. The van der Waals surface area contributed by atoms with E-state index in [1.807, 2.05) is 6.07 Å². The van der Waals surface area contributed by atoms with Crippen molar-refractivity contribution in [3.05, 3.63) is 58.8 Å². The average Bonchev–Trinajstić information content (AvgIpc) is 2.90. The predicted molar refractivity (Wildman–Crippen MR) is 76.2 cm³/mol.